The first-order valence-corrected chi connectivity index (χ1v) is 8.57. The molecule has 3 rings (SSSR count). The van der Waals surface area contributed by atoms with Gasteiger partial charge in [0.05, 0.1) is 13.3 Å². The smallest absolute Gasteiger partial charge is 0.329 e. The lowest BCUT2D eigenvalue weighted by atomic mass is 10.2. The molecule has 7 nitrogen and oxygen atoms in total. The van der Waals surface area contributed by atoms with Crippen molar-refractivity contribution in [2.75, 3.05) is 12.4 Å². The van der Waals surface area contributed by atoms with Crippen LogP contribution in [0.4, 0.5) is 5.69 Å². The zero-order valence-electron chi connectivity index (χ0n) is 14.8. The highest BCUT2D eigenvalue weighted by Gasteiger charge is 2.13. The summed E-state index contributed by atoms with van der Waals surface area (Å²) in [5.41, 5.74) is 3.39. The van der Waals surface area contributed by atoms with Gasteiger partial charge in [0.15, 0.2) is 0 Å². The number of carbonyl (C=O) groups excluding carboxylic acids is 2. The second kappa shape index (κ2) is 8.88. The van der Waals surface area contributed by atoms with E-state index in [2.05, 4.69) is 15.8 Å². The molecular weight excluding hydrogens is 382 g/mol. The highest BCUT2D eigenvalue weighted by molar-refractivity contribution is 6.39. The zero-order valence-corrected chi connectivity index (χ0v) is 15.6. The molecule has 2 amide bonds. The van der Waals surface area contributed by atoms with Crippen LogP contribution in [-0.2, 0) is 9.59 Å². The monoisotopic (exact) mass is 397 g/mol. The number of amides is 2. The van der Waals surface area contributed by atoms with Crippen molar-refractivity contribution in [1.82, 2.24) is 5.43 Å². The topological polar surface area (TPSA) is 92.9 Å². The molecule has 0 aliphatic carbocycles. The SMILES string of the molecule is COc1cccc(NC(=O)C(=O)N/N=C\c2ccc(-c3cccc(Cl)c3)o2)c1. The van der Waals surface area contributed by atoms with Crippen molar-refractivity contribution in [3.8, 4) is 17.1 Å². The fourth-order valence-electron chi connectivity index (χ4n) is 2.31. The highest BCUT2D eigenvalue weighted by Crippen LogP contribution is 2.24. The number of hydrogen-bond donors (Lipinski definition) is 2. The molecule has 2 N–H and O–H groups in total. The predicted molar refractivity (Wildman–Crippen MR) is 107 cm³/mol. The van der Waals surface area contributed by atoms with E-state index in [9.17, 15) is 9.59 Å². The van der Waals surface area contributed by atoms with Crippen molar-refractivity contribution in [2.24, 2.45) is 5.10 Å². The average Bonchev–Trinajstić information content (AvgIpc) is 3.17. The number of carbonyl (C=O) groups is 2. The number of benzene rings is 2. The molecular formula is C20H16ClN3O4. The lowest BCUT2D eigenvalue weighted by Gasteiger charge is -2.05. The molecule has 0 unspecified atom stereocenters. The van der Waals surface area contributed by atoms with Crippen LogP contribution in [0.1, 0.15) is 5.76 Å². The molecule has 8 heteroatoms. The average molecular weight is 398 g/mol. The second-order valence-corrected chi connectivity index (χ2v) is 6.03. The van der Waals surface area contributed by atoms with Crippen LogP contribution in [0.25, 0.3) is 11.3 Å². The van der Waals surface area contributed by atoms with E-state index in [1.807, 2.05) is 12.1 Å². The van der Waals surface area contributed by atoms with Gasteiger partial charge < -0.3 is 14.5 Å². The molecule has 1 aromatic heterocycles. The van der Waals surface area contributed by atoms with Crippen molar-refractivity contribution >= 4 is 35.3 Å². The number of hydrazone groups is 1. The number of furan rings is 1. The Labute approximate surface area is 166 Å². The van der Waals surface area contributed by atoms with E-state index in [1.165, 1.54) is 13.3 Å². The molecule has 0 bridgehead atoms. The van der Waals surface area contributed by atoms with Gasteiger partial charge in [-0.25, -0.2) is 5.43 Å². The predicted octanol–water partition coefficient (Wildman–Crippen LogP) is 3.70. The maximum atomic E-state index is 11.9. The Balaban J connectivity index is 1.56. The number of nitrogens with one attached hydrogen (secondary N) is 2. The Morgan fingerprint density at radius 1 is 1.07 bits per heavy atom. The number of halogens is 1. The molecule has 142 valence electrons. The molecule has 28 heavy (non-hydrogen) atoms. The highest BCUT2D eigenvalue weighted by atomic mass is 35.5. The number of anilines is 1. The minimum Gasteiger partial charge on any atom is -0.497 e. The van der Waals surface area contributed by atoms with E-state index in [1.54, 1.807) is 48.5 Å². The van der Waals surface area contributed by atoms with Crippen LogP contribution in [0.3, 0.4) is 0 Å². The summed E-state index contributed by atoms with van der Waals surface area (Å²) < 4.78 is 10.7. The van der Waals surface area contributed by atoms with Crippen LogP contribution < -0.4 is 15.5 Å². The first-order chi connectivity index (χ1) is 13.5. The van der Waals surface area contributed by atoms with E-state index < -0.39 is 11.8 Å². The van der Waals surface area contributed by atoms with E-state index in [0.29, 0.717) is 28.0 Å². The van der Waals surface area contributed by atoms with Gasteiger partial charge in [-0.05, 0) is 36.4 Å². The molecule has 3 aromatic rings. The number of ether oxygens (including phenoxy) is 1. The third kappa shape index (κ3) is 4.99. The molecule has 0 saturated heterocycles. The summed E-state index contributed by atoms with van der Waals surface area (Å²) in [6.07, 6.45) is 1.30. The van der Waals surface area contributed by atoms with Crippen LogP contribution in [0, 0.1) is 0 Å². The lowest BCUT2D eigenvalue weighted by Crippen LogP contribution is -2.32. The minimum atomic E-state index is -0.916. The van der Waals surface area contributed by atoms with Crippen LogP contribution >= 0.6 is 11.6 Å². The van der Waals surface area contributed by atoms with Gasteiger partial charge in [0.25, 0.3) is 0 Å². The van der Waals surface area contributed by atoms with Crippen LogP contribution in [0.15, 0.2) is 70.2 Å². The molecule has 2 aromatic carbocycles. The van der Waals surface area contributed by atoms with Gasteiger partial charge in [-0.1, -0.05) is 29.8 Å². The van der Waals surface area contributed by atoms with Crippen LogP contribution in [-0.4, -0.2) is 25.1 Å². The van der Waals surface area contributed by atoms with Gasteiger partial charge in [0.2, 0.25) is 0 Å². The molecule has 0 aliphatic rings. The lowest BCUT2D eigenvalue weighted by molar-refractivity contribution is -0.136. The summed E-state index contributed by atoms with van der Waals surface area (Å²) in [6.45, 7) is 0. The zero-order chi connectivity index (χ0) is 19.9. The number of hydrogen-bond acceptors (Lipinski definition) is 5. The Morgan fingerprint density at radius 2 is 1.89 bits per heavy atom. The number of methoxy groups -OCH3 is 1. The molecule has 0 saturated carbocycles. The molecule has 0 fully saturated rings. The minimum absolute atomic E-state index is 0.406. The van der Waals surface area contributed by atoms with Gasteiger partial charge >= 0.3 is 11.8 Å². The number of nitrogens with zero attached hydrogens (tertiary/aromatic N) is 1. The Hall–Kier alpha value is -3.58. The quantitative estimate of drug-likeness (QED) is 0.390. The largest absolute Gasteiger partial charge is 0.497 e. The summed E-state index contributed by atoms with van der Waals surface area (Å²) >= 11 is 5.96. The standard InChI is InChI=1S/C20H16ClN3O4/c1-27-16-7-3-6-15(11-16)23-19(25)20(26)24-22-12-17-8-9-18(28-17)13-4-2-5-14(21)10-13/h2-12H,1H3,(H,23,25)(H,24,26)/b22-12-. The molecule has 1 heterocycles. The Kier molecular flexibility index (Phi) is 6.08. The second-order valence-electron chi connectivity index (χ2n) is 5.60. The van der Waals surface area contributed by atoms with E-state index >= 15 is 0 Å². The van der Waals surface area contributed by atoms with Gasteiger partial charge in [0.1, 0.15) is 17.3 Å². The molecule has 0 radical (unpaired) electrons. The van der Waals surface area contributed by atoms with Crippen molar-refractivity contribution in [3.05, 3.63) is 71.4 Å². The third-order valence-corrected chi connectivity index (χ3v) is 3.86. The van der Waals surface area contributed by atoms with E-state index in [-0.39, 0.29) is 0 Å². The maximum Gasteiger partial charge on any atom is 0.329 e. The van der Waals surface area contributed by atoms with Gasteiger partial charge in [-0.15, -0.1) is 0 Å². The van der Waals surface area contributed by atoms with E-state index in [0.717, 1.165) is 5.56 Å². The molecule has 0 atom stereocenters. The fraction of sp³-hybridized carbons (Fsp3) is 0.0500. The van der Waals surface area contributed by atoms with Gasteiger partial charge in [-0.2, -0.15) is 5.10 Å². The Bertz CT molecular complexity index is 1030. The molecule has 0 spiro atoms. The first kappa shape index (κ1) is 19.2. The van der Waals surface area contributed by atoms with Crippen LogP contribution in [0.2, 0.25) is 5.02 Å². The summed E-state index contributed by atoms with van der Waals surface area (Å²) in [5, 5.41) is 6.78. The van der Waals surface area contributed by atoms with Crippen LogP contribution in [0.5, 0.6) is 5.75 Å². The van der Waals surface area contributed by atoms with Crippen molar-refractivity contribution in [3.63, 3.8) is 0 Å². The summed E-state index contributed by atoms with van der Waals surface area (Å²) in [7, 11) is 1.51. The number of rotatable bonds is 5. The maximum absolute atomic E-state index is 11.9. The normalized spacial score (nSPS) is 10.6. The van der Waals surface area contributed by atoms with Crippen molar-refractivity contribution < 1.29 is 18.7 Å². The van der Waals surface area contributed by atoms with Crippen molar-refractivity contribution in [1.29, 1.82) is 0 Å². The third-order valence-electron chi connectivity index (χ3n) is 3.63. The van der Waals surface area contributed by atoms with Crippen molar-refractivity contribution in [2.45, 2.75) is 0 Å². The summed E-state index contributed by atoms with van der Waals surface area (Å²) in [6, 6.07) is 17.3. The summed E-state index contributed by atoms with van der Waals surface area (Å²) in [5.74, 6) is -0.204. The van der Waals surface area contributed by atoms with Gasteiger partial charge in [-0.3, -0.25) is 9.59 Å². The van der Waals surface area contributed by atoms with E-state index in [4.69, 9.17) is 20.8 Å². The Morgan fingerprint density at radius 3 is 2.68 bits per heavy atom. The fourth-order valence-corrected chi connectivity index (χ4v) is 2.50. The summed E-state index contributed by atoms with van der Waals surface area (Å²) in [4.78, 5) is 23.7. The van der Waals surface area contributed by atoms with Gasteiger partial charge in [0, 0.05) is 22.3 Å². The first-order valence-electron chi connectivity index (χ1n) is 8.19. The molecule has 0 aliphatic heterocycles.